The van der Waals surface area contributed by atoms with Crippen LogP contribution >= 0.6 is 35.0 Å². The molecular weight excluding hydrogens is 1370 g/mol. The summed E-state index contributed by atoms with van der Waals surface area (Å²) < 4.78 is 10.7. The van der Waals surface area contributed by atoms with Crippen LogP contribution in [0.15, 0.2) is 54.7 Å². The first kappa shape index (κ1) is 86.6. The number of hydrogen-bond donors (Lipinski definition) is 14. The van der Waals surface area contributed by atoms with Gasteiger partial charge < -0.3 is 89.3 Å². The van der Waals surface area contributed by atoms with Gasteiger partial charge in [0.1, 0.15) is 59.5 Å². The number of aromatic amines is 1. The lowest BCUT2D eigenvalue weighted by Gasteiger charge is -2.27. The number of nitrogens with zero attached hydrogens (tertiary/aromatic N) is 1. The van der Waals surface area contributed by atoms with Crippen LogP contribution in [-0.2, 0) is 75.1 Å². The van der Waals surface area contributed by atoms with E-state index in [0.29, 0.717) is 65.5 Å². The molecule has 0 saturated heterocycles. The summed E-state index contributed by atoms with van der Waals surface area (Å²) in [6.07, 6.45) is 1.80. The van der Waals surface area contributed by atoms with E-state index in [1.54, 1.807) is 110 Å². The molecule has 1 heterocycles. The smallest absolute Gasteiger partial charge is 0.408 e. The largest absolute Gasteiger partial charge is 0.444 e. The van der Waals surface area contributed by atoms with Crippen LogP contribution in [0.25, 0.3) is 10.9 Å². The fourth-order valence-electron chi connectivity index (χ4n) is 10.1. The Kier molecular flexibility index (Phi) is 37.1. The maximum atomic E-state index is 14.8. The minimum absolute atomic E-state index is 0.0435. The maximum Gasteiger partial charge on any atom is 0.408 e. The second-order valence-electron chi connectivity index (χ2n) is 27.1. The van der Waals surface area contributed by atoms with Crippen LogP contribution in [0.5, 0.6) is 0 Å². The van der Waals surface area contributed by atoms with Gasteiger partial charge in [-0.3, -0.25) is 52.7 Å². The number of hydrogen-bond acceptors (Lipinski definition) is 17. The molecule has 1 aromatic heterocycles. The highest BCUT2D eigenvalue weighted by Gasteiger charge is 2.35. The molecule has 0 aliphatic heterocycles. The van der Waals surface area contributed by atoms with E-state index in [0.717, 1.165) is 5.69 Å². The number of nitrogens with one attached hydrogen (secondary N) is 12. The van der Waals surface area contributed by atoms with E-state index in [-0.39, 0.29) is 44.6 Å². The van der Waals surface area contributed by atoms with Crippen LogP contribution in [0.2, 0.25) is 0 Å². The van der Waals surface area contributed by atoms with Gasteiger partial charge in [-0.2, -0.15) is 11.8 Å². The molecule has 0 radical (unpaired) electrons. The Labute approximate surface area is 605 Å². The van der Waals surface area contributed by atoms with Gasteiger partial charge in [-0.25, -0.2) is 9.59 Å². The SMILES string of the molecule is CSCC[C@H](NC(=O)[C@H](CC(C)C)NC(=O)CNC(=O)[C@@H](NC(=O)[C@H](C)NC(=O)[C@H](Cc1c[nH]c2ccccc12)NC(=O)[C@H](CCC(N)=O)NC(=O)[C@H](Cc1ccc(N(CCCl)CCCl)cc1)NC(=O)CNC(=O)[C@H](CCCCNC(=O)OC(C)(C)C)NC(=O)OC(C)(C)C)C(C)C)C(N)=O. The van der Waals surface area contributed by atoms with E-state index in [9.17, 15) is 62.3 Å². The highest BCUT2D eigenvalue weighted by Crippen LogP contribution is 2.21. The molecule has 0 bridgehead atoms. The Morgan fingerprint density at radius 2 is 1.09 bits per heavy atom. The number of H-pyrrole nitrogens is 1. The molecule has 33 heteroatoms. The number of alkyl halides is 2. The molecule has 3 rings (SSSR count). The molecule has 0 unspecified atom stereocenters. The Morgan fingerprint density at radius 3 is 1.66 bits per heavy atom. The number of rotatable bonds is 43. The molecule has 0 spiro atoms. The van der Waals surface area contributed by atoms with Crippen LogP contribution in [0.3, 0.4) is 0 Å². The first-order chi connectivity index (χ1) is 47.4. The Balaban J connectivity index is 1.94. The van der Waals surface area contributed by atoms with Crippen molar-refractivity contribution in [3.8, 4) is 0 Å². The summed E-state index contributed by atoms with van der Waals surface area (Å²) in [7, 11) is 0. The number of para-hydroxylation sites is 1. The number of halogens is 2. The highest BCUT2D eigenvalue weighted by atomic mass is 35.5. The molecule has 3 aromatic rings. The molecule has 8 atom stereocenters. The molecule has 0 saturated carbocycles. The van der Waals surface area contributed by atoms with Crippen molar-refractivity contribution in [3.63, 3.8) is 0 Å². The second-order valence-corrected chi connectivity index (χ2v) is 28.8. The van der Waals surface area contributed by atoms with E-state index in [1.165, 1.54) is 18.7 Å². The number of nitrogens with two attached hydrogens (primary N) is 2. The van der Waals surface area contributed by atoms with Crippen molar-refractivity contribution in [3.05, 3.63) is 65.9 Å². The highest BCUT2D eigenvalue weighted by molar-refractivity contribution is 7.98. The molecule has 0 aliphatic rings. The van der Waals surface area contributed by atoms with Gasteiger partial charge in [0.25, 0.3) is 0 Å². The normalized spacial score (nSPS) is 13.8. The fraction of sp³-hybridized carbons (Fsp3) is 0.603. The van der Waals surface area contributed by atoms with Crippen molar-refractivity contribution in [2.45, 2.75) is 193 Å². The summed E-state index contributed by atoms with van der Waals surface area (Å²) in [5, 5.41) is 29.2. The third-order valence-corrected chi connectivity index (χ3v) is 16.2. The van der Waals surface area contributed by atoms with E-state index >= 15 is 0 Å². The Hall–Kier alpha value is -8.58. The zero-order chi connectivity index (χ0) is 75.7. The maximum absolute atomic E-state index is 14.8. The summed E-state index contributed by atoms with van der Waals surface area (Å²) in [6, 6.07) is 3.47. The average Bonchev–Trinajstić information content (AvgIpc) is 1.73. The first-order valence-electron chi connectivity index (χ1n) is 33.6. The van der Waals surface area contributed by atoms with E-state index in [1.807, 2.05) is 25.0 Å². The third kappa shape index (κ3) is 33.2. The number of benzene rings is 2. The topological polar surface area (TPSA) is 444 Å². The molecule has 101 heavy (non-hydrogen) atoms. The zero-order valence-electron chi connectivity index (χ0n) is 59.9. The molecule has 562 valence electrons. The number of anilines is 1. The van der Waals surface area contributed by atoms with Crippen molar-refractivity contribution in [2.75, 3.05) is 61.4 Å². The monoisotopic (exact) mass is 1470 g/mol. The third-order valence-electron chi connectivity index (χ3n) is 15.2. The second kappa shape index (κ2) is 43.3. The predicted molar refractivity (Wildman–Crippen MR) is 387 cm³/mol. The minimum atomic E-state index is -1.62. The van der Waals surface area contributed by atoms with Crippen molar-refractivity contribution < 1.29 is 71.8 Å². The molecule has 0 fully saturated rings. The van der Waals surface area contributed by atoms with Gasteiger partial charge in [-0.15, -0.1) is 23.2 Å². The standard InChI is InChI=1S/C68H105Cl2N15O15S/c1-39(2)33-50(62(94)80-47(57(72)89)26-32-101-12)78-55(88)38-76-64(96)56(40(3)4)84-58(90)41(5)77-61(93)52(35-43-36-74-46-18-14-13-17-45(43)46)82-60(92)49(24-25-53(71)86)81-63(95)51(34-42-20-22-44(23-21-42)85(30-27-69)31-28-70)79-54(87)37-75-59(91)48(83-66(98)100-68(9,10)11)19-15-16-29-73-65(97)99-67(6,7)8/h13-14,17-18,20-23,36,39-41,47-52,56,74H,15-16,19,24-35,37-38H2,1-12H3,(H2,71,86)(H2,72,89)(H,73,97)(H,75,91)(H,76,96)(H,77,93)(H,78,88)(H,79,87)(H,80,94)(H,81,95)(H,82,92)(H,83,98)(H,84,90)/t41-,47-,48-,49-,50-,51-,52-,56-/m0/s1. The summed E-state index contributed by atoms with van der Waals surface area (Å²) >= 11 is 13.6. The van der Waals surface area contributed by atoms with Gasteiger partial charge in [-0.05, 0) is 140 Å². The lowest BCUT2D eigenvalue weighted by molar-refractivity contribution is -0.135. The minimum Gasteiger partial charge on any atom is -0.444 e. The summed E-state index contributed by atoms with van der Waals surface area (Å²) in [6.45, 7) is 18.1. The van der Waals surface area contributed by atoms with Gasteiger partial charge in [0.2, 0.25) is 65.0 Å². The van der Waals surface area contributed by atoms with Crippen LogP contribution < -0.4 is 74.9 Å². The van der Waals surface area contributed by atoms with Crippen molar-refractivity contribution in [2.24, 2.45) is 23.3 Å². The van der Waals surface area contributed by atoms with E-state index in [4.69, 9.17) is 44.1 Å². The summed E-state index contributed by atoms with van der Waals surface area (Å²) in [5.41, 5.74) is 12.0. The average molecular weight is 1480 g/mol. The number of ether oxygens (including phenoxy) is 2. The molecule has 30 nitrogen and oxygen atoms in total. The van der Waals surface area contributed by atoms with E-state index in [2.05, 4.69) is 63.5 Å². The number of thioether (sulfide) groups is 1. The number of carbonyl (C=O) groups excluding carboxylic acids is 13. The number of aromatic nitrogens is 1. The number of primary amides is 2. The quantitative estimate of drug-likeness (QED) is 0.0286. The van der Waals surface area contributed by atoms with Crippen molar-refractivity contribution >= 4 is 129 Å². The van der Waals surface area contributed by atoms with Crippen LogP contribution in [-0.4, -0.2) is 198 Å². The molecule has 2 aromatic carbocycles. The van der Waals surface area contributed by atoms with Gasteiger partial charge in [0.15, 0.2) is 0 Å². The summed E-state index contributed by atoms with van der Waals surface area (Å²) in [5.74, 6) is -8.63. The molecular formula is C68H105Cl2N15O15S. The fourth-order valence-corrected chi connectivity index (χ4v) is 11.0. The van der Waals surface area contributed by atoms with Gasteiger partial charge in [-0.1, -0.05) is 58.0 Å². The van der Waals surface area contributed by atoms with Gasteiger partial charge >= 0.3 is 12.2 Å². The Morgan fingerprint density at radius 1 is 0.554 bits per heavy atom. The Bertz CT molecular complexity index is 3270. The van der Waals surface area contributed by atoms with Crippen molar-refractivity contribution in [1.29, 1.82) is 0 Å². The number of alkyl carbamates (subject to hydrolysis) is 2. The predicted octanol–water partition coefficient (Wildman–Crippen LogP) is 2.68. The molecule has 16 N–H and O–H groups in total. The van der Waals surface area contributed by atoms with Gasteiger partial charge in [0, 0.05) is 73.4 Å². The van der Waals surface area contributed by atoms with Gasteiger partial charge in [0.05, 0.1) is 13.1 Å². The van der Waals surface area contributed by atoms with E-state index < -0.39 is 169 Å². The zero-order valence-corrected chi connectivity index (χ0v) is 62.2. The lowest BCUT2D eigenvalue weighted by Crippen LogP contribution is -2.60. The first-order valence-corrected chi connectivity index (χ1v) is 36.1. The van der Waals surface area contributed by atoms with Crippen LogP contribution in [0.4, 0.5) is 15.3 Å². The molecule has 0 aliphatic carbocycles. The van der Waals surface area contributed by atoms with Crippen molar-refractivity contribution in [1.82, 2.24) is 63.5 Å². The number of amides is 13. The lowest BCUT2D eigenvalue weighted by atomic mass is 10.0. The van der Waals surface area contributed by atoms with Crippen LogP contribution in [0, 0.1) is 11.8 Å². The summed E-state index contributed by atoms with van der Waals surface area (Å²) in [4.78, 5) is 181. The molecule has 13 amide bonds. The number of unbranched alkanes of at least 4 members (excludes halogenated alkanes) is 1. The number of carbonyl (C=O) groups is 13. The number of fused-ring (bicyclic) bond motifs is 1. The van der Waals surface area contributed by atoms with Crippen LogP contribution in [0.1, 0.15) is 132 Å².